The lowest BCUT2D eigenvalue weighted by Crippen LogP contribution is -2.22. The van der Waals surface area contributed by atoms with Crippen LogP contribution in [0.3, 0.4) is 0 Å². The molecule has 0 spiro atoms. The predicted molar refractivity (Wildman–Crippen MR) is 70.6 cm³/mol. The number of nitriles is 1. The summed E-state index contributed by atoms with van der Waals surface area (Å²) in [5.41, 5.74) is 0.696. The molecule has 96 valence electrons. The van der Waals surface area contributed by atoms with Crippen LogP contribution in [-0.4, -0.2) is 10.3 Å². The van der Waals surface area contributed by atoms with Crippen molar-refractivity contribution in [1.29, 1.82) is 5.26 Å². The van der Waals surface area contributed by atoms with Crippen LogP contribution in [0.5, 0.6) is 0 Å². The van der Waals surface area contributed by atoms with Crippen molar-refractivity contribution in [2.45, 2.75) is 32.6 Å². The van der Waals surface area contributed by atoms with Crippen molar-refractivity contribution in [3.63, 3.8) is 0 Å². The van der Waals surface area contributed by atoms with E-state index in [-0.39, 0.29) is 22.0 Å². The third-order valence-electron chi connectivity index (χ3n) is 2.73. The van der Waals surface area contributed by atoms with E-state index in [1.807, 2.05) is 26.8 Å². The summed E-state index contributed by atoms with van der Waals surface area (Å²) < 4.78 is 0. The van der Waals surface area contributed by atoms with Gasteiger partial charge in [0.1, 0.15) is 11.6 Å². The summed E-state index contributed by atoms with van der Waals surface area (Å²) in [6.07, 6.45) is 0.581. The van der Waals surface area contributed by atoms with Crippen molar-refractivity contribution in [3.8, 4) is 6.07 Å². The maximum atomic E-state index is 10.7. The van der Waals surface area contributed by atoms with E-state index < -0.39 is 4.92 Å². The van der Waals surface area contributed by atoms with Gasteiger partial charge in [0, 0.05) is 11.4 Å². The van der Waals surface area contributed by atoms with E-state index in [9.17, 15) is 10.1 Å². The van der Waals surface area contributed by atoms with Gasteiger partial charge < -0.3 is 0 Å². The fourth-order valence-corrected chi connectivity index (χ4v) is 1.65. The third kappa shape index (κ3) is 3.44. The fourth-order valence-electron chi connectivity index (χ4n) is 1.47. The molecule has 0 aliphatic rings. The zero-order chi connectivity index (χ0) is 13.9. The molecular weight excluding hydrogens is 252 g/mol. The first-order valence-corrected chi connectivity index (χ1v) is 6.01. The summed E-state index contributed by atoms with van der Waals surface area (Å²) in [7, 11) is 0. The van der Waals surface area contributed by atoms with E-state index in [2.05, 4.69) is 0 Å². The second-order valence-electron chi connectivity index (χ2n) is 5.26. The molecule has 0 aromatic heterocycles. The summed E-state index contributed by atoms with van der Waals surface area (Å²) in [6, 6.07) is 6.40. The van der Waals surface area contributed by atoms with Crippen LogP contribution in [0.25, 0.3) is 0 Å². The molecule has 0 aliphatic heterocycles. The maximum Gasteiger partial charge on any atom is 0.287 e. The number of nitro groups is 1. The summed E-state index contributed by atoms with van der Waals surface area (Å²) in [5, 5.41) is 19.5. The van der Waals surface area contributed by atoms with Crippen molar-refractivity contribution in [2.75, 3.05) is 0 Å². The average Bonchev–Trinajstić information content (AvgIpc) is 2.27. The van der Waals surface area contributed by atoms with Crippen molar-refractivity contribution < 1.29 is 4.92 Å². The van der Waals surface area contributed by atoms with Crippen LogP contribution in [0.2, 0.25) is 0 Å². The Morgan fingerprint density at radius 2 is 2.11 bits per heavy atom. The minimum Gasteiger partial charge on any atom is -0.258 e. The van der Waals surface area contributed by atoms with Gasteiger partial charge in [0.25, 0.3) is 5.69 Å². The van der Waals surface area contributed by atoms with E-state index >= 15 is 0 Å². The van der Waals surface area contributed by atoms with Crippen molar-refractivity contribution in [1.82, 2.24) is 0 Å². The number of benzene rings is 1. The Labute approximate surface area is 111 Å². The molecule has 0 fully saturated rings. The lowest BCUT2D eigenvalue weighted by Gasteiger charge is -2.25. The number of nitrogens with zero attached hydrogens (tertiary/aromatic N) is 2. The Morgan fingerprint density at radius 3 is 2.56 bits per heavy atom. The van der Waals surface area contributed by atoms with Crippen molar-refractivity contribution >= 4 is 17.3 Å². The van der Waals surface area contributed by atoms with Crippen LogP contribution < -0.4 is 0 Å². The van der Waals surface area contributed by atoms with E-state index in [0.717, 1.165) is 5.56 Å². The molecule has 1 atom stereocenters. The highest BCUT2D eigenvalue weighted by Gasteiger charge is 2.23. The molecule has 0 radical (unpaired) electrons. The van der Waals surface area contributed by atoms with Crippen molar-refractivity contribution in [3.05, 3.63) is 39.4 Å². The number of alkyl halides is 1. The van der Waals surface area contributed by atoms with E-state index in [1.54, 1.807) is 12.1 Å². The topological polar surface area (TPSA) is 66.9 Å². The van der Waals surface area contributed by atoms with E-state index in [0.29, 0.717) is 6.42 Å². The van der Waals surface area contributed by atoms with Crippen LogP contribution in [0, 0.1) is 26.9 Å². The zero-order valence-corrected chi connectivity index (χ0v) is 11.4. The number of rotatable bonds is 3. The Hall–Kier alpha value is -1.60. The average molecular weight is 267 g/mol. The normalized spacial score (nSPS) is 12.8. The smallest absolute Gasteiger partial charge is 0.258 e. The standard InChI is InChI=1S/C13H15ClN2O2/c1-13(2,3)12(14)7-9-4-5-11(16(17)18)10(6-9)8-15/h4-6,12H,7H2,1-3H3. The molecule has 18 heavy (non-hydrogen) atoms. The second-order valence-corrected chi connectivity index (χ2v) is 5.78. The van der Waals surface area contributed by atoms with E-state index in [4.69, 9.17) is 16.9 Å². The molecule has 0 saturated carbocycles. The number of hydrogen-bond acceptors (Lipinski definition) is 3. The highest BCUT2D eigenvalue weighted by atomic mass is 35.5. The van der Waals surface area contributed by atoms with Crippen LogP contribution in [0.1, 0.15) is 31.9 Å². The lowest BCUT2D eigenvalue weighted by atomic mass is 9.87. The first kappa shape index (κ1) is 14.5. The van der Waals surface area contributed by atoms with Gasteiger partial charge in [-0.2, -0.15) is 5.26 Å². The second kappa shape index (κ2) is 5.36. The van der Waals surface area contributed by atoms with Crippen LogP contribution in [0.4, 0.5) is 5.69 Å². The molecular formula is C13H15ClN2O2. The van der Waals surface area contributed by atoms with Gasteiger partial charge in [0.15, 0.2) is 0 Å². The molecule has 4 nitrogen and oxygen atoms in total. The van der Waals surface area contributed by atoms with Gasteiger partial charge in [-0.3, -0.25) is 10.1 Å². The van der Waals surface area contributed by atoms with Gasteiger partial charge >= 0.3 is 0 Å². The first-order valence-electron chi connectivity index (χ1n) is 5.57. The molecule has 1 unspecified atom stereocenters. The maximum absolute atomic E-state index is 10.7. The van der Waals surface area contributed by atoms with Crippen LogP contribution in [-0.2, 0) is 6.42 Å². The quantitative estimate of drug-likeness (QED) is 0.476. The molecule has 5 heteroatoms. The van der Waals surface area contributed by atoms with Gasteiger partial charge in [-0.1, -0.05) is 26.8 Å². The van der Waals surface area contributed by atoms with E-state index in [1.165, 1.54) is 6.07 Å². The van der Waals surface area contributed by atoms with Crippen LogP contribution in [0.15, 0.2) is 18.2 Å². The molecule has 0 N–H and O–H groups in total. The predicted octanol–water partition coefficient (Wildman–Crippen LogP) is 3.66. The Morgan fingerprint density at radius 1 is 1.50 bits per heavy atom. The van der Waals surface area contributed by atoms with Crippen LogP contribution >= 0.6 is 11.6 Å². The fraction of sp³-hybridized carbons (Fsp3) is 0.462. The molecule has 1 aromatic rings. The van der Waals surface area contributed by atoms with Crippen molar-refractivity contribution in [2.24, 2.45) is 5.41 Å². The zero-order valence-electron chi connectivity index (χ0n) is 10.6. The molecule has 0 bridgehead atoms. The molecule has 0 amide bonds. The first-order chi connectivity index (χ1) is 8.25. The molecule has 0 heterocycles. The summed E-state index contributed by atoms with van der Waals surface area (Å²) in [5.74, 6) is 0. The van der Waals surface area contributed by atoms with Gasteiger partial charge in [0.05, 0.1) is 4.92 Å². The molecule has 0 aliphatic carbocycles. The summed E-state index contributed by atoms with van der Waals surface area (Å²) in [4.78, 5) is 10.2. The Balaban J connectivity index is 3.01. The Bertz CT molecular complexity index is 501. The molecule has 1 aromatic carbocycles. The highest BCUT2D eigenvalue weighted by molar-refractivity contribution is 6.21. The molecule has 0 saturated heterocycles. The monoisotopic (exact) mass is 266 g/mol. The van der Waals surface area contributed by atoms with Gasteiger partial charge in [-0.15, -0.1) is 11.6 Å². The largest absolute Gasteiger partial charge is 0.287 e. The number of halogens is 1. The third-order valence-corrected chi connectivity index (χ3v) is 3.54. The minimum absolute atomic E-state index is 0.0594. The van der Waals surface area contributed by atoms with Gasteiger partial charge in [-0.05, 0) is 23.5 Å². The minimum atomic E-state index is -0.551. The summed E-state index contributed by atoms with van der Waals surface area (Å²) in [6.45, 7) is 6.09. The SMILES string of the molecule is CC(C)(C)C(Cl)Cc1ccc([N+](=O)[O-])c(C#N)c1. The number of nitro benzene ring substituents is 1. The highest BCUT2D eigenvalue weighted by Crippen LogP contribution is 2.28. The van der Waals surface area contributed by atoms with Gasteiger partial charge in [-0.25, -0.2) is 0 Å². The summed E-state index contributed by atoms with van der Waals surface area (Å²) >= 11 is 6.27. The number of hydrogen-bond donors (Lipinski definition) is 0. The Kier molecular flexibility index (Phi) is 4.31. The van der Waals surface area contributed by atoms with Gasteiger partial charge in [0.2, 0.25) is 0 Å². The lowest BCUT2D eigenvalue weighted by molar-refractivity contribution is -0.385. The molecule has 1 rings (SSSR count).